The first-order valence-electron chi connectivity index (χ1n) is 3.27. The third kappa shape index (κ3) is 5.26. The minimum Gasteiger partial charge on any atom is -0.242 e. The fourth-order valence-corrected chi connectivity index (χ4v) is 1.07. The Morgan fingerprint density at radius 3 is 2.18 bits per heavy atom. The van der Waals surface area contributed by atoms with Crippen LogP contribution in [0.1, 0.15) is 20.8 Å². The average molecular weight is 185 g/mol. The van der Waals surface area contributed by atoms with Crippen molar-refractivity contribution in [2.75, 3.05) is 6.54 Å². The van der Waals surface area contributed by atoms with E-state index in [4.69, 9.17) is 0 Å². The van der Waals surface area contributed by atoms with Gasteiger partial charge in [-0.3, -0.25) is 0 Å². The quantitative estimate of drug-likeness (QED) is 0.705. The van der Waals surface area contributed by atoms with E-state index in [0.29, 0.717) is 0 Å². The summed E-state index contributed by atoms with van der Waals surface area (Å²) in [6.07, 6.45) is -2.44. The van der Waals surface area contributed by atoms with Crippen LogP contribution in [0, 0.1) is 0 Å². The summed E-state index contributed by atoms with van der Waals surface area (Å²) in [6, 6.07) is 0. The molecule has 11 heavy (non-hydrogen) atoms. The van der Waals surface area contributed by atoms with E-state index in [9.17, 15) is 13.0 Å². The van der Waals surface area contributed by atoms with Crippen LogP contribution >= 0.6 is 0 Å². The maximum Gasteiger partial charge on any atom is 0.251 e. The standard InChI is InChI=1S/C6H13F2NOS/c1-6(2,3)11(10)9-4-5(7)8/h5,9H,4H2,1-3H3. The fraction of sp³-hybridized carbons (Fsp3) is 1.00. The lowest BCUT2D eigenvalue weighted by atomic mass is 10.3. The Balaban J connectivity index is 3.71. The molecule has 1 N–H and O–H groups in total. The molecule has 68 valence electrons. The summed E-state index contributed by atoms with van der Waals surface area (Å²) >= 11 is 0. The monoisotopic (exact) mass is 185 g/mol. The van der Waals surface area contributed by atoms with Crippen molar-refractivity contribution in [2.24, 2.45) is 0 Å². The third-order valence-corrected chi connectivity index (χ3v) is 2.47. The second-order valence-electron chi connectivity index (χ2n) is 3.12. The van der Waals surface area contributed by atoms with Crippen molar-refractivity contribution in [3.05, 3.63) is 0 Å². The fourth-order valence-electron chi connectivity index (χ4n) is 0.355. The van der Waals surface area contributed by atoms with Gasteiger partial charge in [0.1, 0.15) is 0 Å². The van der Waals surface area contributed by atoms with Crippen LogP contribution in [0.15, 0.2) is 0 Å². The van der Waals surface area contributed by atoms with E-state index < -0.39 is 28.7 Å². The van der Waals surface area contributed by atoms with E-state index in [2.05, 4.69) is 4.72 Å². The Hall–Kier alpha value is -0.0300. The van der Waals surface area contributed by atoms with Crippen LogP contribution in [0.4, 0.5) is 8.78 Å². The van der Waals surface area contributed by atoms with Crippen molar-refractivity contribution in [3.63, 3.8) is 0 Å². The van der Waals surface area contributed by atoms with E-state index in [0.717, 1.165) is 0 Å². The molecule has 5 heteroatoms. The van der Waals surface area contributed by atoms with Gasteiger partial charge in [-0.2, -0.15) is 0 Å². The van der Waals surface area contributed by atoms with Crippen LogP contribution in [0.5, 0.6) is 0 Å². The SMILES string of the molecule is CC(C)(C)S(=O)NCC(F)F. The highest BCUT2D eigenvalue weighted by Crippen LogP contribution is 2.08. The lowest BCUT2D eigenvalue weighted by Crippen LogP contribution is -2.35. The van der Waals surface area contributed by atoms with E-state index in [1.54, 1.807) is 20.8 Å². The zero-order chi connectivity index (χ0) is 9.07. The zero-order valence-electron chi connectivity index (χ0n) is 6.86. The Morgan fingerprint density at radius 1 is 1.45 bits per heavy atom. The molecule has 0 aromatic carbocycles. The summed E-state index contributed by atoms with van der Waals surface area (Å²) < 4.78 is 36.0. The molecule has 1 unspecified atom stereocenters. The molecule has 0 bridgehead atoms. The summed E-state index contributed by atoms with van der Waals surface area (Å²) in [5.41, 5.74) is 0. The van der Waals surface area contributed by atoms with Gasteiger partial charge in [-0.25, -0.2) is 17.7 Å². The Kier molecular flexibility index (Phi) is 4.10. The molecule has 0 aromatic heterocycles. The van der Waals surface area contributed by atoms with Gasteiger partial charge >= 0.3 is 0 Å². The summed E-state index contributed by atoms with van der Waals surface area (Å²) in [7, 11) is -1.39. The van der Waals surface area contributed by atoms with Gasteiger partial charge < -0.3 is 0 Å². The molecular formula is C6H13F2NOS. The molecule has 0 saturated carbocycles. The van der Waals surface area contributed by atoms with Gasteiger partial charge in [-0.05, 0) is 20.8 Å². The first-order chi connectivity index (χ1) is 4.84. The Morgan fingerprint density at radius 2 is 1.91 bits per heavy atom. The van der Waals surface area contributed by atoms with Gasteiger partial charge in [0.15, 0.2) is 0 Å². The zero-order valence-corrected chi connectivity index (χ0v) is 7.67. The summed E-state index contributed by atoms with van der Waals surface area (Å²) in [4.78, 5) is 0. The van der Waals surface area contributed by atoms with Crippen molar-refractivity contribution in [1.82, 2.24) is 4.72 Å². The molecule has 0 heterocycles. The van der Waals surface area contributed by atoms with Gasteiger partial charge in [0.05, 0.1) is 22.3 Å². The Labute approximate surface area is 68.0 Å². The van der Waals surface area contributed by atoms with E-state index in [1.807, 2.05) is 0 Å². The smallest absolute Gasteiger partial charge is 0.242 e. The van der Waals surface area contributed by atoms with Gasteiger partial charge in [0, 0.05) is 0 Å². The minimum absolute atomic E-state index is 0.477. The van der Waals surface area contributed by atoms with Crippen molar-refractivity contribution < 1.29 is 13.0 Å². The first kappa shape index (κ1) is 11.0. The molecule has 2 nitrogen and oxygen atoms in total. The normalized spacial score (nSPS) is 15.5. The van der Waals surface area contributed by atoms with Gasteiger partial charge in [-0.15, -0.1) is 0 Å². The highest BCUT2D eigenvalue weighted by atomic mass is 32.2. The van der Waals surface area contributed by atoms with Crippen molar-refractivity contribution in [3.8, 4) is 0 Å². The van der Waals surface area contributed by atoms with Crippen LogP contribution in [0.25, 0.3) is 0 Å². The predicted octanol–water partition coefficient (Wildman–Crippen LogP) is 1.30. The molecule has 1 atom stereocenters. The third-order valence-electron chi connectivity index (χ3n) is 0.925. The molecule has 0 aliphatic carbocycles. The van der Waals surface area contributed by atoms with Crippen LogP contribution in [0.3, 0.4) is 0 Å². The molecule has 0 saturated heterocycles. The highest BCUT2D eigenvalue weighted by molar-refractivity contribution is 7.84. The number of hydrogen-bond donors (Lipinski definition) is 1. The number of halogens is 2. The molecular weight excluding hydrogens is 172 g/mol. The number of nitrogens with one attached hydrogen (secondary N) is 1. The van der Waals surface area contributed by atoms with E-state index >= 15 is 0 Å². The van der Waals surface area contributed by atoms with Crippen LogP contribution in [0.2, 0.25) is 0 Å². The van der Waals surface area contributed by atoms with Crippen LogP contribution in [-0.4, -0.2) is 21.9 Å². The molecule has 0 amide bonds. The van der Waals surface area contributed by atoms with E-state index in [1.165, 1.54) is 0 Å². The molecule has 0 aromatic rings. The van der Waals surface area contributed by atoms with Crippen molar-refractivity contribution in [2.45, 2.75) is 31.9 Å². The highest BCUT2D eigenvalue weighted by Gasteiger charge is 2.19. The van der Waals surface area contributed by atoms with Gasteiger partial charge in [-0.1, -0.05) is 0 Å². The van der Waals surface area contributed by atoms with Crippen molar-refractivity contribution >= 4 is 11.0 Å². The minimum atomic E-state index is -2.44. The largest absolute Gasteiger partial charge is 0.251 e. The second-order valence-corrected chi connectivity index (χ2v) is 5.17. The average Bonchev–Trinajstić information content (AvgIpc) is 1.80. The number of rotatable bonds is 3. The first-order valence-corrected chi connectivity index (χ1v) is 4.42. The van der Waals surface area contributed by atoms with E-state index in [-0.39, 0.29) is 0 Å². The van der Waals surface area contributed by atoms with Gasteiger partial charge in [0.2, 0.25) is 0 Å². The summed E-state index contributed by atoms with van der Waals surface area (Å²) in [6.45, 7) is 4.66. The lowest BCUT2D eigenvalue weighted by molar-refractivity contribution is 0.153. The lowest BCUT2D eigenvalue weighted by Gasteiger charge is -2.17. The molecule has 0 radical (unpaired) electrons. The Bertz CT molecular complexity index is 144. The number of alkyl halides is 2. The van der Waals surface area contributed by atoms with Crippen LogP contribution in [-0.2, 0) is 11.0 Å². The van der Waals surface area contributed by atoms with Crippen molar-refractivity contribution in [1.29, 1.82) is 0 Å². The topological polar surface area (TPSA) is 29.1 Å². The van der Waals surface area contributed by atoms with Crippen LogP contribution < -0.4 is 4.72 Å². The maximum atomic E-state index is 11.6. The molecule has 0 rings (SSSR count). The summed E-state index contributed by atoms with van der Waals surface area (Å²) in [5, 5.41) is 0. The second kappa shape index (κ2) is 4.11. The van der Waals surface area contributed by atoms with Gasteiger partial charge in [0.25, 0.3) is 6.43 Å². The number of hydrogen-bond acceptors (Lipinski definition) is 1. The molecule has 0 aliphatic heterocycles. The molecule has 0 spiro atoms. The molecule has 0 aliphatic rings. The maximum absolute atomic E-state index is 11.6. The molecule has 0 fully saturated rings. The summed E-state index contributed by atoms with van der Waals surface area (Å²) in [5.74, 6) is 0. The predicted molar refractivity (Wildman–Crippen MR) is 41.9 cm³/mol.